The highest BCUT2D eigenvalue weighted by atomic mass is 32.1. The number of para-hydroxylation sites is 1. The zero-order chi connectivity index (χ0) is 15.1. The smallest absolute Gasteiger partial charge is 0.274 e. The van der Waals surface area contributed by atoms with Gasteiger partial charge >= 0.3 is 0 Å². The lowest BCUT2D eigenvalue weighted by Crippen LogP contribution is -2.17. The summed E-state index contributed by atoms with van der Waals surface area (Å²) in [7, 11) is 0. The monoisotopic (exact) mass is 308 g/mol. The van der Waals surface area contributed by atoms with E-state index in [1.165, 1.54) is 0 Å². The van der Waals surface area contributed by atoms with Crippen LogP contribution in [0.2, 0.25) is 0 Å². The summed E-state index contributed by atoms with van der Waals surface area (Å²) in [6.45, 7) is 1.93. The van der Waals surface area contributed by atoms with Crippen molar-refractivity contribution in [2.24, 2.45) is 0 Å². The molecule has 4 rings (SSSR count). The van der Waals surface area contributed by atoms with Crippen LogP contribution in [0.4, 0.5) is 0 Å². The number of thiophene rings is 1. The van der Waals surface area contributed by atoms with E-state index in [0.29, 0.717) is 5.69 Å². The zero-order valence-corrected chi connectivity index (χ0v) is 12.6. The number of aromatic nitrogens is 4. The topological polar surface area (TPSA) is 63.6 Å². The van der Waals surface area contributed by atoms with Gasteiger partial charge in [-0.3, -0.25) is 4.79 Å². The van der Waals surface area contributed by atoms with Gasteiger partial charge in [0.2, 0.25) is 0 Å². The highest BCUT2D eigenvalue weighted by molar-refractivity contribution is 7.08. The molecule has 1 aromatic carbocycles. The number of fused-ring (bicyclic) bond motifs is 1. The average Bonchev–Trinajstić information content (AvgIpc) is 3.18. The SMILES string of the molecule is Cc1c(-n2cc(-c3ccsc3)nn2)c(=O)[nH]c2ccccc12. The Labute approximate surface area is 129 Å². The van der Waals surface area contributed by atoms with Crippen LogP contribution in [-0.2, 0) is 0 Å². The average molecular weight is 308 g/mol. The number of benzene rings is 1. The van der Waals surface area contributed by atoms with E-state index in [1.54, 1.807) is 22.2 Å². The van der Waals surface area contributed by atoms with E-state index in [9.17, 15) is 4.79 Å². The highest BCUT2D eigenvalue weighted by Crippen LogP contribution is 2.22. The van der Waals surface area contributed by atoms with Gasteiger partial charge in [-0.05, 0) is 30.0 Å². The Morgan fingerprint density at radius 2 is 2.09 bits per heavy atom. The van der Waals surface area contributed by atoms with Crippen LogP contribution in [-0.4, -0.2) is 20.0 Å². The standard InChI is InChI=1S/C16H12N4OS/c1-10-12-4-2-3-5-13(12)17-16(21)15(10)20-8-14(18-19-20)11-6-7-22-9-11/h2-9H,1H3,(H,17,21). The number of nitrogens with one attached hydrogen (secondary N) is 1. The van der Waals surface area contributed by atoms with Gasteiger partial charge in [0, 0.05) is 21.8 Å². The maximum Gasteiger partial charge on any atom is 0.274 e. The van der Waals surface area contributed by atoms with E-state index in [2.05, 4.69) is 15.3 Å². The first kappa shape index (κ1) is 13.0. The van der Waals surface area contributed by atoms with E-state index in [-0.39, 0.29) is 5.56 Å². The first-order chi connectivity index (χ1) is 10.7. The van der Waals surface area contributed by atoms with Gasteiger partial charge in [-0.25, -0.2) is 4.68 Å². The van der Waals surface area contributed by atoms with Crippen molar-refractivity contribution in [3.8, 4) is 16.9 Å². The van der Waals surface area contributed by atoms with Crippen LogP contribution < -0.4 is 5.56 Å². The summed E-state index contributed by atoms with van der Waals surface area (Å²) in [6, 6.07) is 9.72. The predicted molar refractivity (Wildman–Crippen MR) is 87.5 cm³/mol. The van der Waals surface area contributed by atoms with Gasteiger partial charge in [0.15, 0.2) is 0 Å². The molecule has 0 saturated heterocycles. The van der Waals surface area contributed by atoms with E-state index in [4.69, 9.17) is 0 Å². The van der Waals surface area contributed by atoms with Crippen LogP contribution in [0.1, 0.15) is 5.56 Å². The van der Waals surface area contributed by atoms with Crippen LogP contribution in [0.5, 0.6) is 0 Å². The number of aromatic amines is 1. The molecule has 0 saturated carbocycles. The molecule has 0 aliphatic carbocycles. The summed E-state index contributed by atoms with van der Waals surface area (Å²) in [5.74, 6) is 0. The van der Waals surface area contributed by atoms with Crippen LogP contribution >= 0.6 is 11.3 Å². The lowest BCUT2D eigenvalue weighted by Gasteiger charge is -2.07. The van der Waals surface area contributed by atoms with Crippen LogP contribution in [0.15, 0.2) is 52.1 Å². The molecule has 0 fully saturated rings. The Balaban J connectivity index is 1.93. The molecule has 0 aliphatic rings. The summed E-state index contributed by atoms with van der Waals surface area (Å²) < 4.78 is 1.55. The van der Waals surface area contributed by atoms with Gasteiger partial charge in [0.25, 0.3) is 5.56 Å². The number of aryl methyl sites for hydroxylation is 1. The fourth-order valence-electron chi connectivity index (χ4n) is 2.59. The van der Waals surface area contributed by atoms with Gasteiger partial charge in [-0.2, -0.15) is 11.3 Å². The second-order valence-corrected chi connectivity index (χ2v) is 5.81. The lowest BCUT2D eigenvalue weighted by molar-refractivity contribution is 0.790. The summed E-state index contributed by atoms with van der Waals surface area (Å²) in [5, 5.41) is 13.3. The third-order valence-electron chi connectivity index (χ3n) is 3.69. The van der Waals surface area contributed by atoms with Crippen LogP contribution in [0.25, 0.3) is 27.8 Å². The van der Waals surface area contributed by atoms with Crippen molar-refractivity contribution in [3.63, 3.8) is 0 Å². The van der Waals surface area contributed by atoms with Gasteiger partial charge in [-0.15, -0.1) is 5.10 Å². The molecule has 0 bridgehead atoms. The summed E-state index contributed by atoms with van der Waals surface area (Å²) >= 11 is 1.60. The van der Waals surface area contributed by atoms with Crippen LogP contribution in [0.3, 0.4) is 0 Å². The first-order valence-electron chi connectivity index (χ1n) is 6.81. The number of H-pyrrole nitrogens is 1. The Morgan fingerprint density at radius 3 is 2.91 bits per heavy atom. The Morgan fingerprint density at radius 1 is 1.23 bits per heavy atom. The summed E-state index contributed by atoms with van der Waals surface area (Å²) in [5.41, 5.74) is 3.82. The van der Waals surface area contributed by atoms with E-state index >= 15 is 0 Å². The third kappa shape index (κ3) is 1.96. The normalized spacial score (nSPS) is 11.1. The Kier molecular flexibility index (Phi) is 2.90. The maximum absolute atomic E-state index is 12.4. The molecule has 5 nitrogen and oxygen atoms in total. The molecule has 0 atom stereocenters. The van der Waals surface area contributed by atoms with Crippen molar-refractivity contribution in [1.82, 2.24) is 20.0 Å². The number of rotatable bonds is 2. The van der Waals surface area contributed by atoms with E-state index < -0.39 is 0 Å². The second kappa shape index (κ2) is 4.92. The maximum atomic E-state index is 12.4. The predicted octanol–water partition coefficient (Wildman–Crippen LogP) is 3.15. The molecule has 0 amide bonds. The fourth-order valence-corrected chi connectivity index (χ4v) is 3.24. The highest BCUT2D eigenvalue weighted by Gasteiger charge is 2.13. The molecule has 0 radical (unpaired) electrons. The molecule has 6 heteroatoms. The minimum atomic E-state index is -0.169. The van der Waals surface area contributed by atoms with Crippen molar-refractivity contribution in [2.45, 2.75) is 6.92 Å². The third-order valence-corrected chi connectivity index (χ3v) is 4.37. The molecule has 0 spiro atoms. The first-order valence-corrected chi connectivity index (χ1v) is 7.75. The number of hydrogen-bond donors (Lipinski definition) is 1. The van der Waals surface area contributed by atoms with Crippen LogP contribution in [0, 0.1) is 6.92 Å². The molecule has 4 aromatic rings. The number of pyridine rings is 1. The quantitative estimate of drug-likeness (QED) is 0.619. The molecular weight excluding hydrogens is 296 g/mol. The largest absolute Gasteiger partial charge is 0.320 e. The molecular formula is C16H12N4OS. The molecule has 0 unspecified atom stereocenters. The molecule has 1 N–H and O–H groups in total. The lowest BCUT2D eigenvalue weighted by atomic mass is 10.1. The van der Waals surface area contributed by atoms with E-state index in [0.717, 1.165) is 27.7 Å². The van der Waals surface area contributed by atoms with Gasteiger partial charge in [0.1, 0.15) is 11.4 Å². The minimum Gasteiger partial charge on any atom is -0.320 e. The van der Waals surface area contributed by atoms with Gasteiger partial charge in [0.05, 0.1) is 6.20 Å². The van der Waals surface area contributed by atoms with Crippen molar-refractivity contribution in [2.75, 3.05) is 0 Å². The zero-order valence-electron chi connectivity index (χ0n) is 11.8. The summed E-state index contributed by atoms with van der Waals surface area (Å²) in [6.07, 6.45) is 1.79. The Bertz CT molecular complexity index is 1010. The van der Waals surface area contributed by atoms with Crippen molar-refractivity contribution >= 4 is 22.2 Å². The molecule has 3 aromatic heterocycles. The molecule has 108 valence electrons. The second-order valence-electron chi connectivity index (χ2n) is 5.03. The molecule has 0 aliphatic heterocycles. The molecule has 22 heavy (non-hydrogen) atoms. The number of nitrogens with zero attached hydrogens (tertiary/aromatic N) is 3. The van der Waals surface area contributed by atoms with Crippen molar-refractivity contribution in [3.05, 3.63) is 63.2 Å². The minimum absolute atomic E-state index is 0.169. The van der Waals surface area contributed by atoms with Gasteiger partial charge < -0.3 is 4.98 Å². The Hall–Kier alpha value is -2.73. The van der Waals surface area contributed by atoms with Crippen molar-refractivity contribution < 1.29 is 0 Å². The van der Waals surface area contributed by atoms with E-state index in [1.807, 2.05) is 48.0 Å². The number of hydrogen-bond acceptors (Lipinski definition) is 4. The van der Waals surface area contributed by atoms with Gasteiger partial charge in [-0.1, -0.05) is 23.4 Å². The molecule has 3 heterocycles. The summed E-state index contributed by atoms with van der Waals surface area (Å²) in [4.78, 5) is 15.3. The fraction of sp³-hybridized carbons (Fsp3) is 0.0625. The van der Waals surface area contributed by atoms with Crippen molar-refractivity contribution in [1.29, 1.82) is 0 Å².